The second kappa shape index (κ2) is 4.20. The highest BCUT2D eigenvalue weighted by molar-refractivity contribution is 6.08. The van der Waals surface area contributed by atoms with Gasteiger partial charge in [-0.3, -0.25) is 0 Å². The van der Waals surface area contributed by atoms with Crippen molar-refractivity contribution < 1.29 is 4.42 Å². The van der Waals surface area contributed by atoms with E-state index in [0.717, 1.165) is 38.9 Å². The highest BCUT2D eigenvalue weighted by atomic mass is 16.3. The first-order valence-corrected chi connectivity index (χ1v) is 6.67. The molecular weight excluding hydrogens is 246 g/mol. The summed E-state index contributed by atoms with van der Waals surface area (Å²) in [6.07, 6.45) is 0. The van der Waals surface area contributed by atoms with Gasteiger partial charge in [-0.15, -0.1) is 0 Å². The number of para-hydroxylation sites is 1. The molecule has 0 fully saturated rings. The second-order valence-corrected chi connectivity index (χ2v) is 4.95. The lowest BCUT2D eigenvalue weighted by Gasteiger charge is -2.03. The molecule has 4 aromatic rings. The van der Waals surface area contributed by atoms with E-state index < -0.39 is 0 Å². The lowest BCUT2D eigenvalue weighted by Crippen LogP contribution is -1.87. The van der Waals surface area contributed by atoms with Crippen LogP contribution < -0.4 is 0 Å². The van der Waals surface area contributed by atoms with E-state index >= 15 is 0 Å². The number of pyridine rings is 1. The predicted molar refractivity (Wildman–Crippen MR) is 81.7 cm³/mol. The lowest BCUT2D eigenvalue weighted by molar-refractivity contribution is 0.668. The van der Waals surface area contributed by atoms with E-state index in [1.54, 1.807) is 0 Å². The Bertz CT molecular complexity index is 907. The maximum absolute atomic E-state index is 6.03. The van der Waals surface area contributed by atoms with E-state index in [4.69, 9.17) is 4.42 Å². The van der Waals surface area contributed by atoms with Gasteiger partial charge in [-0.05, 0) is 19.1 Å². The highest BCUT2D eigenvalue weighted by Crippen LogP contribution is 2.34. The molecule has 0 amide bonds. The van der Waals surface area contributed by atoms with Crippen LogP contribution in [-0.2, 0) is 0 Å². The maximum atomic E-state index is 6.03. The monoisotopic (exact) mass is 259 g/mol. The zero-order valence-corrected chi connectivity index (χ0v) is 11.1. The predicted octanol–water partition coefficient (Wildman–Crippen LogP) is 4.96. The van der Waals surface area contributed by atoms with Crippen molar-refractivity contribution in [2.75, 3.05) is 0 Å². The number of hydrogen-bond donors (Lipinski definition) is 0. The molecule has 0 unspecified atom stereocenters. The van der Waals surface area contributed by atoms with Crippen LogP contribution in [0.25, 0.3) is 33.2 Å². The molecule has 4 rings (SSSR count). The Hall–Kier alpha value is -2.61. The number of aromatic nitrogens is 1. The van der Waals surface area contributed by atoms with Crippen LogP contribution in [0.1, 0.15) is 5.69 Å². The van der Waals surface area contributed by atoms with Crippen LogP contribution in [0.4, 0.5) is 0 Å². The van der Waals surface area contributed by atoms with Crippen LogP contribution >= 0.6 is 0 Å². The van der Waals surface area contributed by atoms with E-state index in [1.807, 2.05) is 43.3 Å². The van der Waals surface area contributed by atoms with Crippen LogP contribution in [0.5, 0.6) is 0 Å². The summed E-state index contributed by atoms with van der Waals surface area (Å²) in [4.78, 5) is 4.67. The molecule has 0 aliphatic heterocycles. The van der Waals surface area contributed by atoms with Gasteiger partial charge in [0, 0.05) is 22.0 Å². The van der Waals surface area contributed by atoms with Crippen LogP contribution in [0.3, 0.4) is 0 Å². The first-order valence-electron chi connectivity index (χ1n) is 6.67. The maximum Gasteiger partial charge on any atom is 0.161 e. The minimum absolute atomic E-state index is 0.864. The molecule has 0 N–H and O–H groups in total. The van der Waals surface area contributed by atoms with Crippen LogP contribution in [-0.4, -0.2) is 4.98 Å². The molecule has 0 atom stereocenters. The third-order valence-electron chi connectivity index (χ3n) is 3.54. The van der Waals surface area contributed by atoms with E-state index in [0.29, 0.717) is 0 Å². The lowest BCUT2D eigenvalue weighted by atomic mass is 10.1. The molecule has 2 nitrogen and oxygen atoms in total. The summed E-state index contributed by atoms with van der Waals surface area (Å²) in [7, 11) is 0. The molecule has 0 bridgehead atoms. The van der Waals surface area contributed by atoms with Crippen molar-refractivity contribution in [1.82, 2.24) is 4.98 Å². The molecule has 0 aliphatic carbocycles. The van der Waals surface area contributed by atoms with Crippen molar-refractivity contribution in [2.45, 2.75) is 6.92 Å². The third-order valence-corrected chi connectivity index (χ3v) is 3.54. The summed E-state index contributed by atoms with van der Waals surface area (Å²) < 4.78 is 6.03. The van der Waals surface area contributed by atoms with E-state index in [-0.39, 0.29) is 0 Å². The van der Waals surface area contributed by atoms with Gasteiger partial charge in [-0.2, -0.15) is 0 Å². The molecule has 2 heterocycles. The largest absolute Gasteiger partial charge is 0.454 e. The average Bonchev–Trinajstić information content (AvgIpc) is 2.86. The number of nitrogens with zero attached hydrogens (tertiary/aromatic N) is 1. The van der Waals surface area contributed by atoms with Gasteiger partial charge in [0.05, 0.1) is 0 Å². The van der Waals surface area contributed by atoms with Crippen LogP contribution in [0.15, 0.2) is 65.1 Å². The van der Waals surface area contributed by atoms with Crippen molar-refractivity contribution in [2.24, 2.45) is 0 Å². The quantitative estimate of drug-likeness (QED) is 0.483. The minimum atomic E-state index is 0.864. The molecule has 2 aromatic carbocycles. The molecular formula is C18H13NO. The highest BCUT2D eigenvalue weighted by Gasteiger charge is 2.13. The smallest absolute Gasteiger partial charge is 0.161 e. The van der Waals surface area contributed by atoms with Gasteiger partial charge in [-0.25, -0.2) is 4.98 Å². The first kappa shape index (κ1) is 11.2. The van der Waals surface area contributed by atoms with E-state index in [1.165, 1.54) is 0 Å². The summed E-state index contributed by atoms with van der Waals surface area (Å²) in [5.74, 6) is 0. The van der Waals surface area contributed by atoms with Crippen LogP contribution in [0.2, 0.25) is 0 Å². The first-order chi connectivity index (χ1) is 9.83. The summed E-state index contributed by atoms with van der Waals surface area (Å²) in [6.45, 7) is 2.02. The zero-order valence-electron chi connectivity index (χ0n) is 11.1. The van der Waals surface area contributed by atoms with Crippen molar-refractivity contribution >= 4 is 21.9 Å². The molecule has 0 spiro atoms. The number of benzene rings is 2. The van der Waals surface area contributed by atoms with Crippen molar-refractivity contribution in [3.63, 3.8) is 0 Å². The minimum Gasteiger partial charge on any atom is -0.454 e. The summed E-state index contributed by atoms with van der Waals surface area (Å²) in [6, 6.07) is 20.4. The van der Waals surface area contributed by atoms with Gasteiger partial charge in [0.25, 0.3) is 0 Å². The Morgan fingerprint density at radius 2 is 1.60 bits per heavy atom. The fraction of sp³-hybridized carbons (Fsp3) is 0.0556. The molecule has 0 aliphatic rings. The molecule has 2 aromatic heterocycles. The Kier molecular flexibility index (Phi) is 2.36. The molecule has 0 radical (unpaired) electrons. The van der Waals surface area contributed by atoms with Gasteiger partial charge in [-0.1, -0.05) is 48.5 Å². The summed E-state index contributed by atoms with van der Waals surface area (Å²) in [5, 5.41) is 2.28. The van der Waals surface area contributed by atoms with Crippen molar-refractivity contribution in [3.8, 4) is 11.3 Å². The topological polar surface area (TPSA) is 26.0 Å². The van der Waals surface area contributed by atoms with Gasteiger partial charge in [0.2, 0.25) is 0 Å². The molecule has 0 saturated heterocycles. The fourth-order valence-corrected chi connectivity index (χ4v) is 2.64. The van der Waals surface area contributed by atoms with Crippen LogP contribution in [0, 0.1) is 6.92 Å². The molecule has 20 heavy (non-hydrogen) atoms. The third kappa shape index (κ3) is 1.62. The molecule has 0 saturated carbocycles. The zero-order chi connectivity index (χ0) is 13.5. The van der Waals surface area contributed by atoms with Gasteiger partial charge in [0.15, 0.2) is 5.58 Å². The van der Waals surface area contributed by atoms with Crippen molar-refractivity contribution in [1.29, 1.82) is 0 Å². The van der Waals surface area contributed by atoms with E-state index in [2.05, 4.69) is 29.2 Å². The average molecular weight is 259 g/mol. The van der Waals surface area contributed by atoms with Gasteiger partial charge < -0.3 is 4.42 Å². The summed E-state index contributed by atoms with van der Waals surface area (Å²) in [5.41, 5.74) is 4.77. The Morgan fingerprint density at radius 3 is 2.45 bits per heavy atom. The Labute approximate surface area is 116 Å². The molecule has 2 heteroatoms. The van der Waals surface area contributed by atoms with Gasteiger partial charge >= 0.3 is 0 Å². The molecule has 96 valence electrons. The number of fused-ring (bicyclic) bond motifs is 3. The number of furan rings is 1. The normalized spacial score (nSPS) is 11.2. The number of aryl methyl sites for hydroxylation is 1. The number of hydrogen-bond acceptors (Lipinski definition) is 2. The standard InChI is InChI=1S/C18H13NO/c1-12-11-15-14-9-5-6-10-16(14)20-18(15)17(19-12)13-7-3-2-4-8-13/h2-11H,1H3. The summed E-state index contributed by atoms with van der Waals surface area (Å²) >= 11 is 0. The number of rotatable bonds is 1. The second-order valence-electron chi connectivity index (χ2n) is 4.95. The fourth-order valence-electron chi connectivity index (χ4n) is 2.64. The van der Waals surface area contributed by atoms with Crippen molar-refractivity contribution in [3.05, 3.63) is 66.4 Å². The van der Waals surface area contributed by atoms with Gasteiger partial charge in [0.1, 0.15) is 11.3 Å². The Morgan fingerprint density at radius 1 is 0.850 bits per heavy atom. The van der Waals surface area contributed by atoms with E-state index in [9.17, 15) is 0 Å². The SMILES string of the molecule is Cc1cc2c(oc3ccccc32)c(-c2ccccc2)n1. The Balaban J connectivity index is 2.16.